The van der Waals surface area contributed by atoms with Crippen LogP contribution < -0.4 is 10.6 Å². The van der Waals surface area contributed by atoms with Crippen LogP contribution in [0.3, 0.4) is 0 Å². The van der Waals surface area contributed by atoms with Gasteiger partial charge in [0.25, 0.3) is 0 Å². The van der Waals surface area contributed by atoms with Crippen LogP contribution in [-0.2, 0) is 9.53 Å². The van der Waals surface area contributed by atoms with Gasteiger partial charge in [0, 0.05) is 57.7 Å². The Kier molecular flexibility index (Phi) is 8.65. The second kappa shape index (κ2) is 12.2. The van der Waals surface area contributed by atoms with Gasteiger partial charge in [-0.3, -0.25) is 14.7 Å². The van der Waals surface area contributed by atoms with Crippen molar-refractivity contribution in [3.05, 3.63) is 11.6 Å². The predicted molar refractivity (Wildman–Crippen MR) is 143 cm³/mol. The second-order valence-electron chi connectivity index (χ2n) is 10.7. The minimum Gasteiger partial charge on any atom is -0.356 e. The molecular formula is C26H37F3N8O2. The van der Waals surface area contributed by atoms with E-state index in [9.17, 15) is 18.0 Å². The summed E-state index contributed by atoms with van der Waals surface area (Å²) in [4.78, 5) is 33.7. The molecule has 4 heterocycles. The number of piperazine rings is 1. The largest absolute Gasteiger partial charge is 0.397 e. The molecule has 5 rings (SSSR count). The van der Waals surface area contributed by atoms with Gasteiger partial charge in [0.15, 0.2) is 12.2 Å². The molecule has 1 amide bonds. The maximum Gasteiger partial charge on any atom is 0.397 e. The van der Waals surface area contributed by atoms with E-state index >= 15 is 0 Å². The first kappa shape index (κ1) is 27.8. The second-order valence-corrected chi connectivity index (χ2v) is 10.7. The lowest BCUT2D eigenvalue weighted by Gasteiger charge is -2.37. The average Bonchev–Trinajstić information content (AvgIpc) is 3.30. The van der Waals surface area contributed by atoms with Crippen LogP contribution in [0.2, 0.25) is 0 Å². The number of carbonyl (C=O) groups is 1. The van der Waals surface area contributed by atoms with Gasteiger partial charge in [-0.05, 0) is 44.1 Å². The van der Waals surface area contributed by atoms with Crippen LogP contribution in [0.5, 0.6) is 0 Å². The van der Waals surface area contributed by atoms with Crippen LogP contribution in [-0.4, -0.2) is 110 Å². The summed E-state index contributed by atoms with van der Waals surface area (Å²) in [6.07, 6.45) is 3.95. The van der Waals surface area contributed by atoms with Crippen molar-refractivity contribution in [2.45, 2.75) is 76.1 Å². The normalized spacial score (nSPS) is 31.2. The predicted octanol–water partition coefficient (Wildman–Crippen LogP) is 2.13. The number of rotatable bonds is 7. The Morgan fingerprint density at radius 1 is 1.23 bits per heavy atom. The number of alkyl halides is 3. The van der Waals surface area contributed by atoms with Crippen molar-refractivity contribution in [3.8, 4) is 0 Å². The molecule has 39 heavy (non-hydrogen) atoms. The van der Waals surface area contributed by atoms with E-state index in [1.54, 1.807) is 6.34 Å². The van der Waals surface area contributed by atoms with Gasteiger partial charge in [-0.2, -0.15) is 13.2 Å². The average molecular weight is 551 g/mol. The Morgan fingerprint density at radius 3 is 2.82 bits per heavy atom. The number of halogens is 3. The van der Waals surface area contributed by atoms with E-state index in [1.807, 2.05) is 13.1 Å². The summed E-state index contributed by atoms with van der Waals surface area (Å²) in [5.41, 5.74) is 2.27. The molecule has 5 unspecified atom stereocenters. The molecule has 1 fully saturated rings. The monoisotopic (exact) mass is 550 g/mol. The lowest BCUT2D eigenvalue weighted by molar-refractivity contribution is -0.162. The zero-order valence-corrected chi connectivity index (χ0v) is 22.2. The van der Waals surface area contributed by atoms with Crippen LogP contribution in [0.15, 0.2) is 31.6 Å². The van der Waals surface area contributed by atoms with Gasteiger partial charge >= 0.3 is 6.18 Å². The number of aliphatic imine (C=N–C) groups is 4. The van der Waals surface area contributed by atoms with Crippen LogP contribution in [0.4, 0.5) is 13.2 Å². The smallest absolute Gasteiger partial charge is 0.356 e. The van der Waals surface area contributed by atoms with Crippen LogP contribution in [0.25, 0.3) is 0 Å². The molecule has 0 aromatic rings. The molecule has 1 aliphatic carbocycles. The highest BCUT2D eigenvalue weighted by atomic mass is 19.4. The van der Waals surface area contributed by atoms with Crippen molar-refractivity contribution >= 4 is 30.1 Å². The topological polar surface area (TPSA) is 106 Å². The van der Waals surface area contributed by atoms with Crippen LogP contribution in [0, 0.1) is 5.92 Å². The molecule has 0 aromatic carbocycles. The number of nitrogens with one attached hydrogen (secondary N) is 2. The highest BCUT2D eigenvalue weighted by Crippen LogP contribution is 2.28. The fourth-order valence-corrected chi connectivity index (χ4v) is 5.86. The molecule has 0 aromatic heterocycles. The number of ether oxygens (including phenoxy) is 1. The molecule has 0 saturated carbocycles. The van der Waals surface area contributed by atoms with Gasteiger partial charge in [0.05, 0.1) is 12.1 Å². The maximum atomic E-state index is 12.5. The van der Waals surface area contributed by atoms with Gasteiger partial charge in [0.1, 0.15) is 18.9 Å². The van der Waals surface area contributed by atoms with Crippen molar-refractivity contribution in [2.24, 2.45) is 25.9 Å². The van der Waals surface area contributed by atoms with E-state index in [4.69, 9.17) is 9.73 Å². The molecule has 0 spiro atoms. The number of allylic oxidation sites excluding steroid dienone is 1. The number of hydrogen-bond acceptors (Lipinski definition) is 9. The standard InChI is InChI=1S/C26H37F3N8O2/c1-2-39-23-13-20(31-16-32-23)18-3-4-19-21(12-18)34-25(33-19)35-22-11-17(5-6-30-22)15-36-7-9-37(10-8-36)24(38)14-26(27,28)29/h6,12,16-17,19,21-23H,2-5,7-11,13-15H2,1H3,(H2,33,34,35). The summed E-state index contributed by atoms with van der Waals surface area (Å²) in [5, 5.41) is 6.98. The van der Waals surface area contributed by atoms with E-state index in [1.165, 1.54) is 10.5 Å². The number of amides is 1. The highest BCUT2D eigenvalue weighted by molar-refractivity contribution is 6.05. The van der Waals surface area contributed by atoms with Crippen molar-refractivity contribution in [1.29, 1.82) is 0 Å². The van der Waals surface area contributed by atoms with Gasteiger partial charge in [-0.15, -0.1) is 0 Å². The maximum absolute atomic E-state index is 12.5. The Bertz CT molecular complexity index is 1050. The molecule has 0 radical (unpaired) electrons. The summed E-state index contributed by atoms with van der Waals surface area (Å²) < 4.78 is 43.3. The first-order valence-corrected chi connectivity index (χ1v) is 13.9. The molecule has 4 aliphatic heterocycles. The van der Waals surface area contributed by atoms with Crippen molar-refractivity contribution in [3.63, 3.8) is 0 Å². The minimum absolute atomic E-state index is 0.0841. The van der Waals surface area contributed by atoms with Crippen molar-refractivity contribution in [1.82, 2.24) is 20.4 Å². The van der Waals surface area contributed by atoms with Crippen LogP contribution >= 0.6 is 0 Å². The third-order valence-corrected chi connectivity index (χ3v) is 7.82. The zero-order chi connectivity index (χ0) is 27.4. The number of guanidine groups is 1. The van der Waals surface area contributed by atoms with E-state index < -0.39 is 18.5 Å². The SMILES string of the molecule is CCOC1CC(C2=CC3NC(NC4CC(CN5CCN(C(=O)CC(F)(F)F)CC5)CC=N4)=NC3CC2)=NC=N1. The summed E-state index contributed by atoms with van der Waals surface area (Å²) in [5.74, 6) is 0.303. The number of fused-ring (bicyclic) bond motifs is 1. The first-order chi connectivity index (χ1) is 18.8. The zero-order valence-electron chi connectivity index (χ0n) is 22.2. The van der Waals surface area contributed by atoms with Gasteiger partial charge in [0.2, 0.25) is 5.91 Å². The molecule has 5 aliphatic rings. The van der Waals surface area contributed by atoms with E-state index in [-0.39, 0.29) is 24.5 Å². The molecule has 13 heteroatoms. The molecule has 2 N–H and O–H groups in total. The Morgan fingerprint density at radius 2 is 2.05 bits per heavy atom. The lowest BCUT2D eigenvalue weighted by atomic mass is 9.88. The summed E-state index contributed by atoms with van der Waals surface area (Å²) in [6.45, 7) is 5.26. The molecule has 5 atom stereocenters. The minimum atomic E-state index is -4.46. The highest BCUT2D eigenvalue weighted by Gasteiger charge is 2.36. The van der Waals surface area contributed by atoms with Crippen molar-refractivity contribution < 1.29 is 22.7 Å². The third kappa shape index (κ3) is 7.44. The molecule has 0 bridgehead atoms. The Labute approximate surface area is 226 Å². The van der Waals surface area contributed by atoms with E-state index in [2.05, 4.69) is 36.6 Å². The number of hydrogen-bond donors (Lipinski definition) is 2. The fourth-order valence-electron chi connectivity index (χ4n) is 5.86. The van der Waals surface area contributed by atoms with Gasteiger partial charge in [-0.25, -0.2) is 15.0 Å². The first-order valence-electron chi connectivity index (χ1n) is 13.9. The summed E-state index contributed by atoms with van der Waals surface area (Å²) in [6, 6.07) is 0.291. The molecular weight excluding hydrogens is 513 g/mol. The Balaban J connectivity index is 1.07. The third-order valence-electron chi connectivity index (χ3n) is 7.82. The van der Waals surface area contributed by atoms with Crippen LogP contribution in [0.1, 0.15) is 45.4 Å². The summed E-state index contributed by atoms with van der Waals surface area (Å²) in [7, 11) is 0. The van der Waals surface area contributed by atoms with E-state index in [0.717, 1.165) is 43.9 Å². The summed E-state index contributed by atoms with van der Waals surface area (Å²) >= 11 is 0. The lowest BCUT2D eigenvalue weighted by Crippen LogP contribution is -2.51. The fraction of sp³-hybridized carbons (Fsp3) is 0.731. The molecule has 10 nitrogen and oxygen atoms in total. The Hall–Kier alpha value is -2.80. The van der Waals surface area contributed by atoms with Gasteiger partial charge < -0.3 is 20.3 Å². The van der Waals surface area contributed by atoms with Gasteiger partial charge in [-0.1, -0.05) is 6.08 Å². The van der Waals surface area contributed by atoms with E-state index in [0.29, 0.717) is 45.1 Å². The number of carbonyl (C=O) groups excluding carboxylic acids is 1. The quantitative estimate of drug-likeness (QED) is 0.505. The number of nitrogens with zero attached hydrogens (tertiary/aromatic N) is 6. The van der Waals surface area contributed by atoms with Crippen molar-refractivity contribution in [2.75, 3.05) is 39.3 Å². The molecule has 214 valence electrons. The molecule has 1 saturated heterocycles.